The summed E-state index contributed by atoms with van der Waals surface area (Å²) in [6, 6.07) is 1.78. The first-order valence-electron chi connectivity index (χ1n) is 4.30. The Balaban J connectivity index is 3.10. The molecule has 1 aromatic heterocycles. The maximum atomic E-state index is 11.7. The molecule has 13 heavy (non-hydrogen) atoms. The highest BCUT2D eigenvalue weighted by Crippen LogP contribution is 2.13. The number of nitrogens with zero attached hydrogens (tertiary/aromatic N) is 3. The minimum absolute atomic E-state index is 0.571. The number of hydrogen-bond donors (Lipinski definition) is 0. The van der Waals surface area contributed by atoms with Gasteiger partial charge in [0.1, 0.15) is 0 Å². The first-order chi connectivity index (χ1) is 6.09. The standard InChI is InChI=1S/C8H15N3OS/c1-4-11-8(6-7-9-11)10-13(3,12)5-2/h6-7H,4-5H2,1-3H3/t13-/m0/s1. The van der Waals surface area contributed by atoms with Gasteiger partial charge < -0.3 is 0 Å². The van der Waals surface area contributed by atoms with Crippen LogP contribution in [0, 0.1) is 0 Å². The van der Waals surface area contributed by atoms with E-state index in [4.69, 9.17) is 0 Å². The van der Waals surface area contributed by atoms with E-state index in [-0.39, 0.29) is 0 Å². The molecule has 0 aliphatic rings. The molecule has 4 nitrogen and oxygen atoms in total. The van der Waals surface area contributed by atoms with Crippen molar-refractivity contribution in [1.82, 2.24) is 9.78 Å². The molecule has 0 N–H and O–H groups in total. The maximum absolute atomic E-state index is 11.7. The molecule has 0 bridgehead atoms. The van der Waals surface area contributed by atoms with Crippen molar-refractivity contribution in [3.63, 3.8) is 0 Å². The predicted molar refractivity (Wildman–Crippen MR) is 54.6 cm³/mol. The van der Waals surface area contributed by atoms with Gasteiger partial charge in [0, 0.05) is 24.6 Å². The van der Waals surface area contributed by atoms with Gasteiger partial charge in [-0.25, -0.2) is 8.89 Å². The van der Waals surface area contributed by atoms with Crippen LogP contribution in [0.1, 0.15) is 13.8 Å². The average molecular weight is 201 g/mol. The summed E-state index contributed by atoms with van der Waals surface area (Å²) < 4.78 is 17.6. The zero-order valence-electron chi connectivity index (χ0n) is 8.23. The molecular weight excluding hydrogens is 186 g/mol. The first-order valence-corrected chi connectivity index (χ1v) is 6.40. The summed E-state index contributed by atoms with van der Waals surface area (Å²) in [5.74, 6) is 1.28. The van der Waals surface area contributed by atoms with Crippen molar-refractivity contribution in [2.75, 3.05) is 12.0 Å². The Hall–Kier alpha value is -0.840. The molecule has 0 fully saturated rings. The van der Waals surface area contributed by atoms with E-state index in [0.717, 1.165) is 6.54 Å². The largest absolute Gasteiger partial charge is 0.250 e. The molecule has 74 valence electrons. The molecule has 5 heteroatoms. The highest BCUT2D eigenvalue weighted by atomic mass is 32.2. The second-order valence-electron chi connectivity index (χ2n) is 2.84. The van der Waals surface area contributed by atoms with Crippen LogP contribution in [-0.4, -0.2) is 26.0 Å². The fourth-order valence-corrected chi connectivity index (χ4v) is 1.59. The van der Waals surface area contributed by atoms with E-state index >= 15 is 0 Å². The van der Waals surface area contributed by atoms with E-state index in [1.165, 1.54) is 0 Å². The van der Waals surface area contributed by atoms with Crippen molar-refractivity contribution in [2.24, 2.45) is 4.36 Å². The van der Waals surface area contributed by atoms with Crippen LogP contribution >= 0.6 is 0 Å². The molecule has 0 unspecified atom stereocenters. The van der Waals surface area contributed by atoms with Gasteiger partial charge in [-0.15, -0.1) is 0 Å². The molecule has 0 spiro atoms. The third-order valence-corrected chi connectivity index (χ3v) is 3.46. The van der Waals surface area contributed by atoms with Crippen molar-refractivity contribution in [1.29, 1.82) is 0 Å². The Morgan fingerprint density at radius 2 is 2.31 bits per heavy atom. The van der Waals surface area contributed by atoms with Gasteiger partial charge >= 0.3 is 0 Å². The molecule has 0 saturated carbocycles. The smallest absolute Gasteiger partial charge is 0.160 e. The molecule has 0 saturated heterocycles. The predicted octanol–water partition coefficient (Wildman–Crippen LogP) is 1.65. The maximum Gasteiger partial charge on any atom is 0.160 e. The first kappa shape index (κ1) is 10.2. The van der Waals surface area contributed by atoms with E-state index in [0.29, 0.717) is 11.6 Å². The molecule has 0 aliphatic heterocycles. The molecule has 0 amide bonds. The minimum Gasteiger partial charge on any atom is -0.250 e. The summed E-state index contributed by atoms with van der Waals surface area (Å²) >= 11 is 0. The molecule has 1 atom stereocenters. The third-order valence-electron chi connectivity index (χ3n) is 1.82. The van der Waals surface area contributed by atoms with Gasteiger partial charge in [0.2, 0.25) is 0 Å². The average Bonchev–Trinajstić information content (AvgIpc) is 2.51. The van der Waals surface area contributed by atoms with Crippen LogP contribution in [0.3, 0.4) is 0 Å². The summed E-state index contributed by atoms with van der Waals surface area (Å²) in [7, 11) is -2.06. The Kier molecular flexibility index (Phi) is 3.08. The Bertz CT molecular complexity index is 388. The lowest BCUT2D eigenvalue weighted by atomic mass is 10.6. The fraction of sp³-hybridized carbons (Fsp3) is 0.625. The Labute approximate surface area is 79.1 Å². The molecular formula is C8H15N3OS. The SMILES string of the molecule is CCn1nccc1N=[S@@](C)(=O)CC. The van der Waals surface area contributed by atoms with Crippen molar-refractivity contribution < 1.29 is 4.21 Å². The number of aryl methyl sites for hydroxylation is 1. The van der Waals surface area contributed by atoms with Crippen LogP contribution in [0.2, 0.25) is 0 Å². The Morgan fingerprint density at radius 1 is 1.62 bits per heavy atom. The van der Waals surface area contributed by atoms with Gasteiger partial charge in [-0.3, -0.25) is 0 Å². The van der Waals surface area contributed by atoms with E-state index in [1.54, 1.807) is 23.2 Å². The zero-order valence-corrected chi connectivity index (χ0v) is 9.04. The zero-order chi connectivity index (χ0) is 9.90. The van der Waals surface area contributed by atoms with Gasteiger partial charge in [-0.05, 0) is 6.92 Å². The van der Waals surface area contributed by atoms with Crippen LogP contribution in [0.4, 0.5) is 5.82 Å². The van der Waals surface area contributed by atoms with Gasteiger partial charge in [0.25, 0.3) is 0 Å². The lowest BCUT2D eigenvalue weighted by Crippen LogP contribution is -2.01. The van der Waals surface area contributed by atoms with Crippen LogP contribution in [0.15, 0.2) is 16.6 Å². The highest BCUT2D eigenvalue weighted by molar-refractivity contribution is 7.93. The summed E-state index contributed by atoms with van der Waals surface area (Å²) in [6.07, 6.45) is 3.34. The van der Waals surface area contributed by atoms with Crippen molar-refractivity contribution in [3.05, 3.63) is 12.3 Å². The van der Waals surface area contributed by atoms with E-state index < -0.39 is 9.73 Å². The molecule has 1 rings (SSSR count). The molecule has 0 radical (unpaired) electrons. The van der Waals surface area contributed by atoms with Crippen LogP contribution in [-0.2, 0) is 16.3 Å². The summed E-state index contributed by atoms with van der Waals surface area (Å²) in [5.41, 5.74) is 0. The normalized spacial score (nSPS) is 15.3. The number of rotatable bonds is 3. The Morgan fingerprint density at radius 3 is 2.85 bits per heavy atom. The summed E-state index contributed by atoms with van der Waals surface area (Å²) in [6.45, 7) is 4.61. The fourth-order valence-electron chi connectivity index (χ4n) is 0.909. The van der Waals surface area contributed by atoms with Gasteiger partial charge in [0.15, 0.2) is 5.82 Å². The number of aromatic nitrogens is 2. The summed E-state index contributed by atoms with van der Waals surface area (Å²) in [4.78, 5) is 0. The minimum atomic E-state index is -2.06. The second kappa shape index (κ2) is 3.91. The molecule has 1 aromatic rings. The van der Waals surface area contributed by atoms with Crippen LogP contribution in [0.25, 0.3) is 0 Å². The molecule has 0 aliphatic carbocycles. The monoisotopic (exact) mass is 201 g/mol. The van der Waals surface area contributed by atoms with Crippen molar-refractivity contribution >= 4 is 15.5 Å². The van der Waals surface area contributed by atoms with Crippen molar-refractivity contribution in [2.45, 2.75) is 20.4 Å². The van der Waals surface area contributed by atoms with E-state index in [2.05, 4.69) is 9.46 Å². The summed E-state index contributed by atoms with van der Waals surface area (Å²) in [5, 5.41) is 4.05. The quantitative estimate of drug-likeness (QED) is 0.746. The highest BCUT2D eigenvalue weighted by Gasteiger charge is 2.02. The van der Waals surface area contributed by atoms with Crippen molar-refractivity contribution in [3.8, 4) is 0 Å². The molecule has 0 aromatic carbocycles. The third kappa shape index (κ3) is 2.55. The van der Waals surface area contributed by atoms with Gasteiger partial charge in [-0.2, -0.15) is 9.46 Å². The van der Waals surface area contributed by atoms with Gasteiger partial charge in [0.05, 0.1) is 15.9 Å². The topological polar surface area (TPSA) is 47.2 Å². The lowest BCUT2D eigenvalue weighted by molar-refractivity contribution is 0.660. The van der Waals surface area contributed by atoms with Gasteiger partial charge in [-0.1, -0.05) is 6.92 Å². The molecule has 1 heterocycles. The van der Waals surface area contributed by atoms with E-state index in [1.807, 2.05) is 13.8 Å². The van der Waals surface area contributed by atoms with Crippen LogP contribution < -0.4 is 0 Å². The van der Waals surface area contributed by atoms with Crippen LogP contribution in [0.5, 0.6) is 0 Å². The lowest BCUT2D eigenvalue weighted by Gasteiger charge is -2.01. The van der Waals surface area contributed by atoms with E-state index in [9.17, 15) is 4.21 Å². The second-order valence-corrected chi connectivity index (χ2v) is 5.52. The number of hydrogen-bond acceptors (Lipinski definition) is 3.